The van der Waals surface area contributed by atoms with Crippen LogP contribution < -0.4 is 16.0 Å². The third-order valence-electron chi connectivity index (χ3n) is 2.71. The summed E-state index contributed by atoms with van der Waals surface area (Å²) in [6.07, 6.45) is 0.807. The van der Waals surface area contributed by atoms with Crippen molar-refractivity contribution in [1.29, 1.82) is 0 Å². The van der Waals surface area contributed by atoms with Crippen LogP contribution in [0.4, 0.5) is 0 Å². The summed E-state index contributed by atoms with van der Waals surface area (Å²) < 4.78 is 36.5. The third kappa shape index (κ3) is 4.57. The molecule has 10 heteroatoms. The quantitative estimate of drug-likeness (QED) is 0.460. The van der Waals surface area contributed by atoms with E-state index in [4.69, 9.17) is 14.9 Å². The lowest BCUT2D eigenvalue weighted by atomic mass is 10.1. The van der Waals surface area contributed by atoms with Crippen molar-refractivity contribution in [2.24, 2.45) is 10.7 Å². The van der Waals surface area contributed by atoms with Crippen LogP contribution in [0.3, 0.4) is 0 Å². The molecule has 2 aromatic rings. The lowest BCUT2D eigenvalue weighted by Crippen LogP contribution is -2.34. The number of hydrogen-bond donors (Lipinski definition) is 2. The van der Waals surface area contributed by atoms with Crippen LogP contribution in [-0.2, 0) is 14.4 Å². The Bertz CT molecular complexity index is 872. The van der Waals surface area contributed by atoms with Gasteiger partial charge in [0.05, 0.1) is 18.9 Å². The van der Waals surface area contributed by atoms with Crippen LogP contribution in [-0.4, -0.2) is 33.7 Å². The Morgan fingerprint density at radius 2 is 1.96 bits per heavy atom. The van der Waals surface area contributed by atoms with Crippen LogP contribution in [0.5, 0.6) is 5.75 Å². The van der Waals surface area contributed by atoms with Gasteiger partial charge in [0.2, 0.25) is 5.96 Å². The first kappa shape index (κ1) is 17.5. The highest BCUT2D eigenvalue weighted by Gasteiger charge is 2.15. The van der Waals surface area contributed by atoms with Gasteiger partial charge in [0.25, 0.3) is 10.1 Å². The molecule has 1 aromatic carbocycles. The number of para-hydroxylation sites is 1. The number of amides is 1. The van der Waals surface area contributed by atoms with Gasteiger partial charge in [0.1, 0.15) is 11.5 Å². The van der Waals surface area contributed by atoms with Crippen molar-refractivity contribution in [1.82, 2.24) is 5.48 Å². The number of carbonyl (C=O) groups excluding carboxylic acids is 1. The Labute approximate surface area is 138 Å². The molecule has 9 nitrogen and oxygen atoms in total. The second kappa shape index (κ2) is 7.15. The number of rotatable bonds is 5. The largest absolute Gasteiger partial charge is 0.496 e. The van der Waals surface area contributed by atoms with Gasteiger partial charge in [0.15, 0.2) is 5.76 Å². The molecule has 0 bridgehead atoms. The number of hydrogen-bond acceptors (Lipinski definition) is 6. The lowest BCUT2D eigenvalue weighted by Gasteiger charge is -2.05. The molecule has 0 unspecified atom stereocenters. The van der Waals surface area contributed by atoms with E-state index in [-0.39, 0.29) is 5.76 Å². The number of nitrogens with zero attached hydrogens (tertiary/aromatic N) is 1. The summed E-state index contributed by atoms with van der Waals surface area (Å²) in [4.78, 5) is 15.4. The van der Waals surface area contributed by atoms with Gasteiger partial charge in [-0.2, -0.15) is 13.4 Å². The van der Waals surface area contributed by atoms with Gasteiger partial charge in [-0.1, -0.05) is 12.1 Å². The third-order valence-corrected chi connectivity index (χ3v) is 3.09. The van der Waals surface area contributed by atoms with E-state index < -0.39 is 22.0 Å². The van der Waals surface area contributed by atoms with Gasteiger partial charge in [0, 0.05) is 0 Å². The number of guanidine groups is 1. The summed E-state index contributed by atoms with van der Waals surface area (Å²) >= 11 is 0. The Kier molecular flexibility index (Phi) is 5.21. The molecule has 0 radical (unpaired) electrons. The molecule has 0 spiro atoms. The summed E-state index contributed by atoms with van der Waals surface area (Å²) in [7, 11) is -2.26. The number of carbonyl (C=O) groups is 1. The molecule has 2 rings (SSSR count). The normalized spacial score (nSPS) is 12.0. The molecule has 0 fully saturated rings. The zero-order valence-electron chi connectivity index (χ0n) is 12.8. The van der Waals surface area contributed by atoms with Gasteiger partial charge < -0.3 is 14.9 Å². The smallest absolute Gasteiger partial charge is 0.315 e. The molecule has 1 amide bonds. The first-order chi connectivity index (χ1) is 11.3. The number of furan rings is 1. The average molecular weight is 353 g/mol. The number of hydroxylamine groups is 1. The number of ether oxygens (including phenoxy) is 1. The highest BCUT2D eigenvalue weighted by molar-refractivity contribution is 7.85. The number of nitrogens with one attached hydrogen (secondary N) is 1. The van der Waals surface area contributed by atoms with Gasteiger partial charge in [-0.15, -0.1) is 4.28 Å². The molecule has 0 aliphatic heterocycles. The molecule has 1 aromatic heterocycles. The highest BCUT2D eigenvalue weighted by atomic mass is 32.2. The minimum atomic E-state index is -3.78. The van der Waals surface area contributed by atoms with Crippen molar-refractivity contribution < 1.29 is 26.7 Å². The molecule has 0 aliphatic rings. The molecule has 0 atom stereocenters. The molecule has 0 saturated carbocycles. The summed E-state index contributed by atoms with van der Waals surface area (Å²) in [5.41, 5.74) is 7.85. The average Bonchev–Trinajstić information content (AvgIpc) is 3.02. The van der Waals surface area contributed by atoms with Crippen molar-refractivity contribution in [2.45, 2.75) is 0 Å². The fourth-order valence-electron chi connectivity index (χ4n) is 1.75. The predicted molar refractivity (Wildman–Crippen MR) is 85.7 cm³/mol. The molecular weight excluding hydrogens is 338 g/mol. The summed E-state index contributed by atoms with van der Waals surface area (Å²) in [5.74, 6) is -0.430. The van der Waals surface area contributed by atoms with E-state index in [0.717, 1.165) is 6.26 Å². The van der Waals surface area contributed by atoms with Gasteiger partial charge in [-0.3, -0.25) is 4.79 Å². The van der Waals surface area contributed by atoms with E-state index in [1.165, 1.54) is 13.2 Å². The Morgan fingerprint density at radius 3 is 2.62 bits per heavy atom. The number of nitrogens with two attached hydrogens (primary N) is 1. The summed E-state index contributed by atoms with van der Waals surface area (Å²) in [6.45, 7) is 0. The first-order valence-corrected chi connectivity index (χ1v) is 8.38. The molecule has 128 valence electrons. The van der Waals surface area contributed by atoms with Gasteiger partial charge in [-0.25, -0.2) is 5.48 Å². The maximum Gasteiger partial charge on any atom is 0.315 e. The topological polar surface area (TPSA) is 133 Å². The minimum absolute atomic E-state index is 0.0833. The molecule has 3 N–H and O–H groups in total. The Balaban J connectivity index is 2.16. The maximum absolute atomic E-state index is 11.9. The number of methoxy groups -OCH3 is 1. The van der Waals surface area contributed by atoms with E-state index in [9.17, 15) is 13.2 Å². The number of benzene rings is 1. The van der Waals surface area contributed by atoms with E-state index in [0.29, 0.717) is 17.1 Å². The van der Waals surface area contributed by atoms with Crippen LogP contribution in [0.15, 0.2) is 45.8 Å². The van der Waals surface area contributed by atoms with E-state index in [1.807, 2.05) is 5.48 Å². The van der Waals surface area contributed by atoms with Crippen LogP contribution in [0.25, 0.3) is 11.3 Å². The van der Waals surface area contributed by atoms with Gasteiger partial charge >= 0.3 is 5.91 Å². The molecular formula is C14H15N3O6S. The monoisotopic (exact) mass is 353 g/mol. The van der Waals surface area contributed by atoms with Crippen molar-refractivity contribution in [3.8, 4) is 17.1 Å². The minimum Gasteiger partial charge on any atom is -0.496 e. The second-order valence-corrected chi connectivity index (χ2v) is 6.13. The molecule has 0 aliphatic carbocycles. The van der Waals surface area contributed by atoms with E-state index in [2.05, 4.69) is 9.28 Å². The second-order valence-electron chi connectivity index (χ2n) is 4.56. The standard InChI is InChI=1S/C14H15N3O6S/c1-21-10-6-4-3-5-9(10)11-7-8-12(22-11)13(18)16-14(15)17-23-24(2,19)20/h3-8H,1-2H3,(H3,15,16,17,18). The Morgan fingerprint density at radius 1 is 1.25 bits per heavy atom. The summed E-state index contributed by atoms with van der Waals surface area (Å²) in [5, 5.41) is 0. The van der Waals surface area contributed by atoms with Crippen LogP contribution in [0.1, 0.15) is 10.6 Å². The van der Waals surface area contributed by atoms with Crippen LogP contribution >= 0.6 is 0 Å². The SMILES string of the molecule is COc1ccccc1-c1ccc(C(=O)N=C(N)NOS(C)(=O)=O)o1. The van der Waals surface area contributed by atoms with Crippen molar-refractivity contribution in [2.75, 3.05) is 13.4 Å². The van der Waals surface area contributed by atoms with Crippen LogP contribution in [0, 0.1) is 0 Å². The fraction of sp³-hybridized carbons (Fsp3) is 0.143. The predicted octanol–water partition coefficient (Wildman–Crippen LogP) is 0.891. The van der Waals surface area contributed by atoms with Crippen LogP contribution in [0.2, 0.25) is 0 Å². The number of aliphatic imine (C=N–C) groups is 1. The fourth-order valence-corrected chi connectivity index (χ4v) is 1.99. The highest BCUT2D eigenvalue weighted by Crippen LogP contribution is 2.30. The van der Waals surface area contributed by atoms with E-state index >= 15 is 0 Å². The Hall–Kier alpha value is -2.85. The zero-order valence-corrected chi connectivity index (χ0v) is 13.7. The van der Waals surface area contributed by atoms with Crippen molar-refractivity contribution >= 4 is 22.0 Å². The first-order valence-electron chi connectivity index (χ1n) is 6.56. The van der Waals surface area contributed by atoms with Gasteiger partial charge in [-0.05, 0) is 24.3 Å². The van der Waals surface area contributed by atoms with Crippen molar-refractivity contribution in [3.05, 3.63) is 42.2 Å². The molecule has 0 saturated heterocycles. The summed E-state index contributed by atoms with van der Waals surface area (Å²) in [6, 6.07) is 10.1. The van der Waals surface area contributed by atoms with Crippen molar-refractivity contribution in [3.63, 3.8) is 0 Å². The maximum atomic E-state index is 11.9. The molecule has 24 heavy (non-hydrogen) atoms. The zero-order chi connectivity index (χ0) is 17.7. The lowest BCUT2D eigenvalue weighted by molar-refractivity contribution is 0.0975. The van der Waals surface area contributed by atoms with E-state index in [1.54, 1.807) is 30.3 Å². The molecule has 1 heterocycles.